The van der Waals surface area contributed by atoms with Gasteiger partial charge in [0.2, 0.25) is 0 Å². The van der Waals surface area contributed by atoms with Crippen LogP contribution in [0.4, 0.5) is 17.1 Å². The van der Waals surface area contributed by atoms with E-state index < -0.39 is 0 Å². The molecule has 0 saturated heterocycles. The molecule has 0 bridgehead atoms. The Morgan fingerprint density at radius 1 is 0.220 bits per heavy atom. The van der Waals surface area contributed by atoms with Crippen molar-refractivity contribution in [3.63, 3.8) is 0 Å². The fourth-order valence-corrected chi connectivity index (χ4v) is 8.45. The molecule has 0 heterocycles. The molecule has 0 fully saturated rings. The lowest BCUT2D eigenvalue weighted by Gasteiger charge is -2.29. The second kappa shape index (κ2) is 16.0. The van der Waals surface area contributed by atoms with Crippen LogP contribution in [-0.4, -0.2) is 0 Å². The van der Waals surface area contributed by atoms with Crippen LogP contribution in [0.5, 0.6) is 0 Å². The zero-order valence-corrected chi connectivity index (χ0v) is 32.6. The van der Waals surface area contributed by atoms with Gasteiger partial charge in [-0.2, -0.15) is 0 Å². The van der Waals surface area contributed by atoms with Crippen molar-refractivity contribution in [3.05, 3.63) is 249 Å². The van der Waals surface area contributed by atoms with Gasteiger partial charge in [-0.3, -0.25) is 0 Å². The third kappa shape index (κ3) is 7.12. The van der Waals surface area contributed by atoms with Gasteiger partial charge < -0.3 is 4.90 Å². The van der Waals surface area contributed by atoms with Gasteiger partial charge in [-0.05, 0) is 108 Å². The van der Waals surface area contributed by atoms with Crippen molar-refractivity contribution in [2.24, 2.45) is 0 Å². The maximum absolute atomic E-state index is 2.43. The van der Waals surface area contributed by atoms with Crippen LogP contribution in [0.3, 0.4) is 0 Å². The average molecular weight is 752 g/mol. The number of rotatable bonds is 9. The van der Waals surface area contributed by atoms with Gasteiger partial charge >= 0.3 is 0 Å². The van der Waals surface area contributed by atoms with Gasteiger partial charge in [0.15, 0.2) is 0 Å². The third-order valence-electron chi connectivity index (χ3n) is 11.3. The Bertz CT molecular complexity index is 3020. The number of para-hydroxylation sites is 1. The van der Waals surface area contributed by atoms with Gasteiger partial charge in [-0.25, -0.2) is 0 Å². The van der Waals surface area contributed by atoms with Crippen molar-refractivity contribution < 1.29 is 0 Å². The molecule has 0 aromatic heterocycles. The summed E-state index contributed by atoms with van der Waals surface area (Å²) < 4.78 is 0. The van der Waals surface area contributed by atoms with Crippen LogP contribution >= 0.6 is 0 Å². The minimum Gasteiger partial charge on any atom is -0.310 e. The first-order chi connectivity index (χ1) is 29.3. The molecule has 0 spiro atoms. The molecule has 1 nitrogen and oxygen atoms in total. The van der Waals surface area contributed by atoms with Gasteiger partial charge in [0.25, 0.3) is 0 Å². The largest absolute Gasteiger partial charge is 0.310 e. The molecule has 59 heavy (non-hydrogen) atoms. The van der Waals surface area contributed by atoms with Crippen molar-refractivity contribution in [1.29, 1.82) is 0 Å². The topological polar surface area (TPSA) is 3.24 Å². The van der Waals surface area contributed by atoms with Crippen LogP contribution < -0.4 is 4.90 Å². The molecule has 0 aliphatic carbocycles. The standard InChI is InChI=1S/C58H41N/c1-4-18-42(19-5-1)44-34-37-49(38-35-44)59(50-27-16-26-48(40-50)53-32-17-25-46-24-10-11-28-51(46)53)58-33-15-14-31-56(58)57-41-47(43-20-6-2-7-21-43)36-39-55(57)54-30-13-12-29-52(54)45-22-8-3-9-23-45/h1-41H. The molecule has 0 atom stereocenters. The van der Waals surface area contributed by atoms with E-state index in [1.54, 1.807) is 0 Å². The molecule has 1 heteroatoms. The highest BCUT2D eigenvalue weighted by Crippen LogP contribution is 2.47. The first-order valence-corrected chi connectivity index (χ1v) is 20.3. The molecule has 0 aliphatic rings. The summed E-state index contributed by atoms with van der Waals surface area (Å²) >= 11 is 0. The highest BCUT2D eigenvalue weighted by Gasteiger charge is 2.22. The summed E-state index contributed by atoms with van der Waals surface area (Å²) in [7, 11) is 0. The summed E-state index contributed by atoms with van der Waals surface area (Å²) in [6, 6.07) is 90.0. The van der Waals surface area contributed by atoms with Crippen LogP contribution in [0.25, 0.3) is 77.5 Å². The Balaban J connectivity index is 1.20. The lowest BCUT2D eigenvalue weighted by atomic mass is 9.86. The van der Waals surface area contributed by atoms with Crippen LogP contribution in [-0.2, 0) is 0 Å². The normalized spacial score (nSPS) is 11.1. The lowest BCUT2D eigenvalue weighted by molar-refractivity contribution is 1.28. The molecular formula is C58H41N. The molecule has 0 radical (unpaired) electrons. The molecule has 0 aliphatic heterocycles. The Kier molecular flexibility index (Phi) is 9.68. The van der Waals surface area contributed by atoms with Gasteiger partial charge in [0.05, 0.1) is 5.69 Å². The fourth-order valence-electron chi connectivity index (χ4n) is 8.45. The van der Waals surface area contributed by atoms with Gasteiger partial charge in [0.1, 0.15) is 0 Å². The molecular weight excluding hydrogens is 711 g/mol. The van der Waals surface area contributed by atoms with Crippen molar-refractivity contribution in [2.75, 3.05) is 4.90 Å². The van der Waals surface area contributed by atoms with Gasteiger partial charge in [0, 0.05) is 16.9 Å². The summed E-state index contributed by atoms with van der Waals surface area (Å²) in [5.41, 5.74) is 17.5. The summed E-state index contributed by atoms with van der Waals surface area (Å²) in [4.78, 5) is 2.43. The molecule has 0 N–H and O–H groups in total. The fraction of sp³-hybridized carbons (Fsp3) is 0. The van der Waals surface area contributed by atoms with Gasteiger partial charge in [-0.15, -0.1) is 0 Å². The van der Waals surface area contributed by atoms with E-state index in [9.17, 15) is 0 Å². The second-order valence-corrected chi connectivity index (χ2v) is 14.9. The summed E-state index contributed by atoms with van der Waals surface area (Å²) in [6.07, 6.45) is 0. The second-order valence-electron chi connectivity index (χ2n) is 14.9. The molecule has 10 aromatic rings. The molecule has 10 aromatic carbocycles. The van der Waals surface area contributed by atoms with Crippen molar-refractivity contribution in [2.45, 2.75) is 0 Å². The first-order valence-electron chi connectivity index (χ1n) is 20.3. The number of benzene rings is 10. The molecule has 278 valence electrons. The Labute approximate surface area is 346 Å². The Morgan fingerprint density at radius 3 is 1.46 bits per heavy atom. The molecule has 0 amide bonds. The van der Waals surface area contributed by atoms with E-state index in [0.29, 0.717) is 0 Å². The molecule has 0 saturated carbocycles. The SMILES string of the molecule is c1ccc(-c2ccc(N(c3cccc(-c4cccc5ccccc45)c3)c3ccccc3-c3cc(-c4ccccc4)ccc3-c3ccccc3-c3ccccc3)cc2)cc1. The number of nitrogens with zero attached hydrogens (tertiary/aromatic N) is 1. The number of anilines is 3. The maximum Gasteiger partial charge on any atom is 0.0540 e. The minimum atomic E-state index is 1.08. The summed E-state index contributed by atoms with van der Waals surface area (Å²) in [5, 5.41) is 2.47. The van der Waals surface area contributed by atoms with Crippen LogP contribution in [0.1, 0.15) is 0 Å². The lowest BCUT2D eigenvalue weighted by Crippen LogP contribution is -2.11. The van der Waals surface area contributed by atoms with E-state index in [2.05, 4.69) is 254 Å². The highest BCUT2D eigenvalue weighted by molar-refractivity contribution is 6.00. The number of fused-ring (bicyclic) bond motifs is 1. The quantitative estimate of drug-likeness (QED) is 0.142. The smallest absolute Gasteiger partial charge is 0.0540 e. The van der Waals surface area contributed by atoms with E-state index in [-0.39, 0.29) is 0 Å². The number of hydrogen-bond acceptors (Lipinski definition) is 1. The van der Waals surface area contributed by atoms with Crippen molar-refractivity contribution in [1.82, 2.24) is 0 Å². The van der Waals surface area contributed by atoms with E-state index in [4.69, 9.17) is 0 Å². The predicted molar refractivity (Wildman–Crippen MR) is 251 cm³/mol. The average Bonchev–Trinajstić information content (AvgIpc) is 3.32. The maximum atomic E-state index is 2.43. The predicted octanol–water partition coefficient (Wildman–Crippen LogP) is 16.3. The Hall–Kier alpha value is -7.74. The summed E-state index contributed by atoms with van der Waals surface area (Å²) in [6.45, 7) is 0. The van der Waals surface area contributed by atoms with Gasteiger partial charge in [-0.1, -0.05) is 212 Å². The molecule has 0 unspecified atom stereocenters. The van der Waals surface area contributed by atoms with Crippen LogP contribution in [0, 0.1) is 0 Å². The monoisotopic (exact) mass is 751 g/mol. The van der Waals surface area contributed by atoms with Crippen LogP contribution in [0.2, 0.25) is 0 Å². The van der Waals surface area contributed by atoms with Crippen molar-refractivity contribution >= 4 is 27.8 Å². The van der Waals surface area contributed by atoms with E-state index in [1.807, 2.05) is 0 Å². The Morgan fingerprint density at radius 2 is 0.712 bits per heavy atom. The zero-order chi connectivity index (χ0) is 39.4. The van der Waals surface area contributed by atoms with E-state index >= 15 is 0 Å². The first kappa shape index (κ1) is 35.7. The third-order valence-corrected chi connectivity index (χ3v) is 11.3. The summed E-state index contributed by atoms with van der Waals surface area (Å²) in [5.74, 6) is 0. The number of hydrogen-bond donors (Lipinski definition) is 0. The minimum absolute atomic E-state index is 1.08. The van der Waals surface area contributed by atoms with E-state index in [0.717, 1.165) is 22.6 Å². The zero-order valence-electron chi connectivity index (χ0n) is 32.6. The van der Waals surface area contributed by atoms with Crippen LogP contribution in [0.15, 0.2) is 249 Å². The van der Waals surface area contributed by atoms with E-state index in [1.165, 1.54) is 72.0 Å². The molecule has 10 rings (SSSR count). The van der Waals surface area contributed by atoms with Crippen molar-refractivity contribution in [3.8, 4) is 66.8 Å². The highest BCUT2D eigenvalue weighted by atomic mass is 15.1.